The van der Waals surface area contributed by atoms with Crippen LogP contribution < -0.4 is 4.72 Å². The number of halogens is 3. The molecule has 2 aromatic heterocycles. The van der Waals surface area contributed by atoms with Gasteiger partial charge in [0.1, 0.15) is 5.82 Å². The number of para-hydroxylation sites is 2. The monoisotopic (exact) mass is 463 g/mol. The summed E-state index contributed by atoms with van der Waals surface area (Å²) in [5, 5.41) is 3.22. The summed E-state index contributed by atoms with van der Waals surface area (Å²) in [7, 11) is -3.81. The summed E-state index contributed by atoms with van der Waals surface area (Å²) in [4.78, 5) is 10.8. The normalized spacial score (nSPS) is 12.7. The van der Waals surface area contributed by atoms with Gasteiger partial charge in [-0.15, -0.1) is 0 Å². The van der Waals surface area contributed by atoms with Gasteiger partial charge < -0.3 is 9.51 Å². The van der Waals surface area contributed by atoms with Crippen LogP contribution in [0.4, 0.5) is 13.2 Å². The van der Waals surface area contributed by atoms with Crippen LogP contribution in [0, 0.1) is 0 Å². The molecule has 2 heterocycles. The van der Waals surface area contributed by atoms with E-state index in [0.29, 0.717) is 17.8 Å². The average Bonchev–Trinajstić information content (AvgIpc) is 3.39. The molecule has 0 unspecified atom stereocenters. The van der Waals surface area contributed by atoms with Crippen LogP contribution in [-0.4, -0.2) is 35.1 Å². The number of aromatic nitrogens is 4. The Morgan fingerprint density at radius 1 is 1.06 bits per heavy atom. The molecule has 4 aromatic rings. The molecule has 0 fully saturated rings. The van der Waals surface area contributed by atoms with Gasteiger partial charge in [0.25, 0.3) is 0 Å². The molecule has 0 amide bonds. The number of aromatic amines is 1. The summed E-state index contributed by atoms with van der Waals surface area (Å²) in [6.45, 7) is 0.130. The Labute approximate surface area is 180 Å². The molecule has 12 heteroatoms. The van der Waals surface area contributed by atoms with E-state index in [1.54, 1.807) is 6.07 Å². The fraction of sp³-hybridized carbons (Fsp3) is 0.150. The molecule has 2 N–H and O–H groups in total. The van der Waals surface area contributed by atoms with Gasteiger partial charge in [0, 0.05) is 13.0 Å². The maximum atomic E-state index is 12.6. The van der Waals surface area contributed by atoms with Crippen molar-refractivity contribution in [3.63, 3.8) is 0 Å². The first-order valence-corrected chi connectivity index (χ1v) is 10.8. The molecule has 0 bridgehead atoms. The smallest absolute Gasteiger partial charge is 0.342 e. The first kappa shape index (κ1) is 21.7. The van der Waals surface area contributed by atoms with E-state index < -0.39 is 22.1 Å². The third kappa shape index (κ3) is 5.03. The largest absolute Gasteiger partial charge is 0.471 e. The van der Waals surface area contributed by atoms with E-state index in [2.05, 4.69) is 29.4 Å². The minimum Gasteiger partial charge on any atom is -0.342 e. The second-order valence-corrected chi connectivity index (χ2v) is 8.48. The van der Waals surface area contributed by atoms with E-state index in [9.17, 15) is 21.6 Å². The highest BCUT2D eigenvalue weighted by Gasteiger charge is 2.38. The maximum Gasteiger partial charge on any atom is 0.471 e. The fourth-order valence-corrected chi connectivity index (χ4v) is 3.97. The van der Waals surface area contributed by atoms with Gasteiger partial charge in [-0.3, -0.25) is 0 Å². The van der Waals surface area contributed by atoms with Crippen LogP contribution in [0.2, 0.25) is 0 Å². The van der Waals surface area contributed by atoms with E-state index in [4.69, 9.17) is 0 Å². The topological polar surface area (TPSA) is 114 Å². The van der Waals surface area contributed by atoms with Crippen molar-refractivity contribution < 1.29 is 26.1 Å². The zero-order chi connectivity index (χ0) is 22.8. The van der Waals surface area contributed by atoms with Gasteiger partial charge in [-0.25, -0.2) is 18.1 Å². The summed E-state index contributed by atoms with van der Waals surface area (Å²) in [5.74, 6) is -1.08. The molecule has 4 rings (SSSR count). The number of fused-ring (bicyclic) bond motifs is 1. The number of H-pyrrole nitrogens is 1. The number of rotatable bonds is 7. The van der Waals surface area contributed by atoms with Crippen molar-refractivity contribution in [3.8, 4) is 0 Å². The van der Waals surface area contributed by atoms with E-state index in [0.717, 1.165) is 11.0 Å². The lowest BCUT2D eigenvalue weighted by molar-refractivity contribution is -0.159. The first-order chi connectivity index (χ1) is 15.2. The van der Waals surface area contributed by atoms with Gasteiger partial charge in [-0.2, -0.15) is 18.2 Å². The highest BCUT2D eigenvalue weighted by molar-refractivity contribution is 7.89. The second-order valence-electron chi connectivity index (χ2n) is 6.71. The lowest BCUT2D eigenvalue weighted by Crippen LogP contribution is -2.26. The number of imidazole rings is 1. The van der Waals surface area contributed by atoms with Crippen LogP contribution in [0.25, 0.3) is 23.2 Å². The van der Waals surface area contributed by atoms with Gasteiger partial charge in [-0.05, 0) is 35.9 Å². The van der Waals surface area contributed by atoms with Crippen molar-refractivity contribution in [1.29, 1.82) is 0 Å². The van der Waals surface area contributed by atoms with Crippen molar-refractivity contribution in [2.75, 3.05) is 6.54 Å². The number of sulfonamides is 1. The summed E-state index contributed by atoms with van der Waals surface area (Å²) < 4.78 is 69.4. The Morgan fingerprint density at radius 3 is 2.62 bits per heavy atom. The van der Waals surface area contributed by atoms with Crippen LogP contribution in [0.1, 0.15) is 23.1 Å². The average molecular weight is 463 g/mol. The molecule has 0 atom stereocenters. The predicted molar refractivity (Wildman–Crippen MR) is 110 cm³/mol. The van der Waals surface area contributed by atoms with E-state index in [1.807, 2.05) is 24.3 Å². The minimum atomic E-state index is -4.73. The Kier molecular flexibility index (Phi) is 5.80. The van der Waals surface area contributed by atoms with E-state index in [-0.39, 0.29) is 17.3 Å². The summed E-state index contributed by atoms with van der Waals surface area (Å²) in [6.07, 6.45) is -1.79. The third-order valence-corrected chi connectivity index (χ3v) is 5.83. The van der Waals surface area contributed by atoms with E-state index >= 15 is 0 Å². The SMILES string of the molecule is O=S(=O)(NCCc1nc2ccccc2[nH]1)c1cccc(C=Cc2noc(C(F)(F)F)n2)c1. The third-order valence-electron chi connectivity index (χ3n) is 4.37. The number of alkyl halides is 3. The highest BCUT2D eigenvalue weighted by atomic mass is 32.2. The van der Waals surface area contributed by atoms with Crippen molar-refractivity contribution in [3.05, 3.63) is 71.6 Å². The number of nitrogens with zero attached hydrogens (tertiary/aromatic N) is 3. The lowest BCUT2D eigenvalue weighted by Gasteiger charge is -2.06. The standard InChI is InChI=1S/C20H16F3N5O3S/c21-20(22,23)19-27-18(28-31-19)9-8-13-4-3-5-14(12-13)32(29,30)24-11-10-17-25-15-6-1-2-7-16(15)26-17/h1-9,12,24H,10-11H2,(H,25,26). The number of hydrogen-bond donors (Lipinski definition) is 2. The van der Waals surface area contributed by atoms with Crippen molar-refractivity contribution in [2.24, 2.45) is 0 Å². The molecule has 166 valence electrons. The van der Waals surface area contributed by atoms with Gasteiger partial charge in [0.15, 0.2) is 5.82 Å². The molecule has 8 nitrogen and oxygen atoms in total. The van der Waals surface area contributed by atoms with Crippen molar-refractivity contribution >= 4 is 33.2 Å². The minimum absolute atomic E-state index is 0.00773. The molecular formula is C20H16F3N5O3S. The molecule has 0 radical (unpaired) electrons. The van der Waals surface area contributed by atoms with Gasteiger partial charge >= 0.3 is 12.1 Å². The molecular weight excluding hydrogens is 447 g/mol. The van der Waals surface area contributed by atoms with Crippen LogP contribution in [0.15, 0.2) is 57.9 Å². The number of nitrogens with one attached hydrogen (secondary N) is 2. The Hall–Kier alpha value is -3.51. The number of hydrogen-bond acceptors (Lipinski definition) is 6. The molecule has 0 aliphatic rings. The van der Waals surface area contributed by atoms with Gasteiger partial charge in [-0.1, -0.05) is 35.5 Å². The zero-order valence-electron chi connectivity index (χ0n) is 16.3. The molecule has 0 spiro atoms. The number of benzene rings is 2. The maximum absolute atomic E-state index is 12.6. The van der Waals surface area contributed by atoms with Crippen LogP contribution in [0.5, 0.6) is 0 Å². The quantitative estimate of drug-likeness (QED) is 0.433. The molecule has 0 aliphatic carbocycles. The Bertz CT molecular complexity index is 1340. The molecule has 2 aromatic carbocycles. The van der Waals surface area contributed by atoms with Crippen LogP contribution in [0.3, 0.4) is 0 Å². The van der Waals surface area contributed by atoms with Crippen molar-refractivity contribution in [1.82, 2.24) is 24.8 Å². The Balaban J connectivity index is 1.41. The van der Waals surface area contributed by atoms with Gasteiger partial charge in [0.2, 0.25) is 10.0 Å². The Morgan fingerprint density at radius 2 is 1.88 bits per heavy atom. The predicted octanol–water partition coefficient (Wildman–Crippen LogP) is 3.66. The highest BCUT2D eigenvalue weighted by Crippen LogP contribution is 2.27. The first-order valence-electron chi connectivity index (χ1n) is 9.33. The molecule has 0 saturated carbocycles. The molecule has 0 saturated heterocycles. The fourth-order valence-electron chi connectivity index (χ4n) is 2.89. The van der Waals surface area contributed by atoms with E-state index in [1.165, 1.54) is 30.4 Å². The zero-order valence-corrected chi connectivity index (χ0v) is 17.1. The molecule has 0 aliphatic heterocycles. The molecule has 32 heavy (non-hydrogen) atoms. The summed E-state index contributed by atoms with van der Waals surface area (Å²) in [5.41, 5.74) is 2.10. The summed E-state index contributed by atoms with van der Waals surface area (Å²) >= 11 is 0. The lowest BCUT2D eigenvalue weighted by atomic mass is 10.2. The van der Waals surface area contributed by atoms with Crippen LogP contribution in [-0.2, 0) is 22.6 Å². The second kappa shape index (κ2) is 8.55. The van der Waals surface area contributed by atoms with Crippen molar-refractivity contribution in [2.45, 2.75) is 17.5 Å². The summed E-state index contributed by atoms with van der Waals surface area (Å²) in [6, 6.07) is 13.4. The van der Waals surface area contributed by atoms with Gasteiger partial charge in [0.05, 0.1) is 15.9 Å². The van der Waals surface area contributed by atoms with Crippen LogP contribution >= 0.6 is 0 Å².